The van der Waals surface area contributed by atoms with Crippen molar-refractivity contribution in [1.82, 2.24) is 4.57 Å². The monoisotopic (exact) mass is 869 g/mol. The SMILES string of the molecule is CC(C)(C)c1ccc(Nc2cc3sc4cc(C(C)(C)C)ccc4c3cc2-c2ccc3c4cc5c(cc4n4c3c2[B]c2cc3c(cc2-4)-c2ccccc2C3(C)C)-c2ccccc2C5(C)C)cc1. The first-order chi connectivity index (χ1) is 31.5. The van der Waals surface area contributed by atoms with Gasteiger partial charge < -0.3 is 9.88 Å². The molecule has 321 valence electrons. The van der Waals surface area contributed by atoms with E-state index in [0.29, 0.717) is 0 Å². The van der Waals surface area contributed by atoms with Gasteiger partial charge in [-0.1, -0.05) is 166 Å². The number of rotatable bonds is 3. The molecule has 0 bridgehead atoms. The number of thiophene rings is 1. The van der Waals surface area contributed by atoms with Gasteiger partial charge in [-0.2, -0.15) is 0 Å². The molecule has 0 saturated heterocycles. The van der Waals surface area contributed by atoms with Crippen LogP contribution in [0.25, 0.3) is 81.0 Å². The highest BCUT2D eigenvalue weighted by Gasteiger charge is 2.40. The van der Waals surface area contributed by atoms with Crippen molar-refractivity contribution in [2.45, 2.75) is 90.9 Å². The van der Waals surface area contributed by atoms with Crippen molar-refractivity contribution in [2.24, 2.45) is 0 Å². The number of benzene rings is 8. The standard InChI is InChI=1S/C62H54BN2S/c1-59(2,3)34-19-22-36(23-20-34)64-52-33-56-46(39-24-21-35(60(4,5)6)27-55(39)66-56)28-44(52)40-25-26-41-45-29-49-42(37-15-11-13-17-47(37)61(49,7)8)30-53(45)65-54-31-43-38-16-12-14-18-48(38)62(9,10)50(43)32-51(54)63-57(40)58(41)65/h11-33,64H,1-10H3. The van der Waals surface area contributed by atoms with Crippen LogP contribution in [0, 0.1) is 0 Å². The minimum absolute atomic E-state index is 0.0710. The van der Waals surface area contributed by atoms with Crippen LogP contribution in [-0.4, -0.2) is 11.8 Å². The van der Waals surface area contributed by atoms with E-state index in [9.17, 15) is 0 Å². The molecule has 2 nitrogen and oxygen atoms in total. The number of nitrogens with one attached hydrogen (secondary N) is 1. The molecule has 1 N–H and O–H groups in total. The van der Waals surface area contributed by atoms with E-state index in [1.807, 2.05) is 11.3 Å². The molecular weight excluding hydrogens is 816 g/mol. The normalized spacial score (nSPS) is 15.2. The van der Waals surface area contributed by atoms with Crippen LogP contribution in [0.4, 0.5) is 11.4 Å². The third-order valence-electron chi connectivity index (χ3n) is 15.7. The lowest BCUT2D eigenvalue weighted by Gasteiger charge is -2.27. The Kier molecular flexibility index (Phi) is 7.97. The highest BCUT2D eigenvalue weighted by Crippen LogP contribution is 2.53. The Morgan fingerprint density at radius 2 is 1.09 bits per heavy atom. The average Bonchev–Trinajstić information content (AvgIpc) is 3.95. The summed E-state index contributed by atoms with van der Waals surface area (Å²) in [6.45, 7) is 23.4. The highest BCUT2D eigenvalue weighted by atomic mass is 32.1. The lowest BCUT2D eigenvalue weighted by Crippen LogP contribution is -2.38. The van der Waals surface area contributed by atoms with E-state index in [4.69, 9.17) is 0 Å². The first-order valence-electron chi connectivity index (χ1n) is 23.7. The van der Waals surface area contributed by atoms with Crippen molar-refractivity contribution >= 4 is 82.9 Å². The third kappa shape index (κ3) is 5.48. The quantitative estimate of drug-likeness (QED) is 0.175. The summed E-state index contributed by atoms with van der Waals surface area (Å²) < 4.78 is 5.26. The maximum atomic E-state index is 3.99. The van der Waals surface area contributed by atoms with Crippen LogP contribution < -0.4 is 16.2 Å². The summed E-state index contributed by atoms with van der Waals surface area (Å²) >= 11 is 1.91. The largest absolute Gasteiger partial charge is 0.355 e. The first kappa shape index (κ1) is 40.0. The maximum absolute atomic E-state index is 3.99. The van der Waals surface area contributed by atoms with E-state index in [0.717, 1.165) is 11.4 Å². The maximum Gasteiger partial charge on any atom is 0.197 e. The molecule has 8 aromatic carbocycles. The molecule has 0 fully saturated rings. The molecule has 1 radical (unpaired) electrons. The number of hydrogen-bond donors (Lipinski definition) is 1. The Hall–Kier alpha value is -6.36. The molecule has 0 saturated carbocycles. The minimum Gasteiger partial charge on any atom is -0.355 e. The topological polar surface area (TPSA) is 17.0 Å². The summed E-state index contributed by atoms with van der Waals surface area (Å²) in [7, 11) is 2.52. The van der Waals surface area contributed by atoms with E-state index in [1.54, 1.807) is 0 Å². The summed E-state index contributed by atoms with van der Waals surface area (Å²) in [5.74, 6) is 0. The van der Waals surface area contributed by atoms with Crippen molar-refractivity contribution in [2.75, 3.05) is 5.32 Å². The summed E-state index contributed by atoms with van der Waals surface area (Å²) in [5.41, 5.74) is 24.6. The zero-order chi connectivity index (χ0) is 45.4. The van der Waals surface area contributed by atoms with Gasteiger partial charge in [0.2, 0.25) is 0 Å². The van der Waals surface area contributed by atoms with Gasteiger partial charge in [0.05, 0.1) is 5.52 Å². The molecule has 4 heteroatoms. The second-order valence-electron chi connectivity index (χ2n) is 22.5. The lowest BCUT2D eigenvalue weighted by atomic mass is 9.58. The molecule has 1 aliphatic heterocycles. The molecule has 0 atom stereocenters. The van der Waals surface area contributed by atoms with Crippen LogP contribution in [0.5, 0.6) is 0 Å². The molecule has 66 heavy (non-hydrogen) atoms. The van der Waals surface area contributed by atoms with Gasteiger partial charge in [-0.15, -0.1) is 11.3 Å². The number of anilines is 2. The molecule has 0 spiro atoms. The number of nitrogens with zero attached hydrogens (tertiary/aromatic N) is 1. The van der Waals surface area contributed by atoms with Gasteiger partial charge in [0.1, 0.15) is 0 Å². The molecular formula is C62H54BN2S. The van der Waals surface area contributed by atoms with Crippen LogP contribution in [0.15, 0.2) is 140 Å². The van der Waals surface area contributed by atoms with Crippen molar-refractivity contribution in [1.29, 1.82) is 0 Å². The Morgan fingerprint density at radius 3 is 1.77 bits per heavy atom. The second kappa shape index (κ2) is 13.2. The zero-order valence-electron chi connectivity index (χ0n) is 39.7. The number of aromatic nitrogens is 1. The molecule has 10 aromatic rings. The molecule has 2 aromatic heterocycles. The predicted molar refractivity (Wildman–Crippen MR) is 286 cm³/mol. The lowest BCUT2D eigenvalue weighted by molar-refractivity contribution is 0.590. The van der Waals surface area contributed by atoms with Crippen LogP contribution in [-0.2, 0) is 21.7 Å². The van der Waals surface area contributed by atoms with Crippen LogP contribution >= 0.6 is 11.3 Å². The van der Waals surface area contributed by atoms with Crippen molar-refractivity contribution in [3.05, 3.63) is 173 Å². The van der Waals surface area contributed by atoms with Crippen LogP contribution in [0.3, 0.4) is 0 Å². The Bertz CT molecular complexity index is 3770. The molecule has 2 aliphatic carbocycles. The Morgan fingerprint density at radius 1 is 0.485 bits per heavy atom. The Labute approximate surface area is 393 Å². The minimum atomic E-state index is -0.115. The zero-order valence-corrected chi connectivity index (χ0v) is 40.5. The molecule has 3 aliphatic rings. The molecule has 0 amide bonds. The van der Waals surface area contributed by atoms with Crippen molar-refractivity contribution in [3.8, 4) is 39.1 Å². The fourth-order valence-electron chi connectivity index (χ4n) is 12.0. The number of hydrogen-bond acceptors (Lipinski definition) is 2. The highest BCUT2D eigenvalue weighted by molar-refractivity contribution is 7.25. The van der Waals surface area contributed by atoms with Crippen LogP contribution in [0.2, 0.25) is 0 Å². The van der Waals surface area contributed by atoms with Crippen molar-refractivity contribution < 1.29 is 0 Å². The van der Waals surface area contributed by atoms with Gasteiger partial charge in [-0.05, 0) is 126 Å². The second-order valence-corrected chi connectivity index (χ2v) is 23.6. The van der Waals surface area contributed by atoms with Gasteiger partial charge in [-0.3, -0.25) is 0 Å². The van der Waals surface area contributed by atoms with E-state index in [1.165, 1.54) is 125 Å². The Balaban J connectivity index is 1.10. The summed E-state index contributed by atoms with van der Waals surface area (Å²) in [5, 5.41) is 9.22. The van der Waals surface area contributed by atoms with Crippen LogP contribution in [0.1, 0.15) is 103 Å². The first-order valence-corrected chi connectivity index (χ1v) is 24.6. The van der Waals surface area contributed by atoms with Crippen molar-refractivity contribution in [3.63, 3.8) is 0 Å². The van der Waals surface area contributed by atoms with E-state index >= 15 is 0 Å². The van der Waals surface area contributed by atoms with Gasteiger partial charge in [0, 0.05) is 69.9 Å². The summed E-state index contributed by atoms with van der Waals surface area (Å²) in [6, 6.07) is 54.1. The van der Waals surface area contributed by atoms with E-state index < -0.39 is 0 Å². The predicted octanol–water partition coefficient (Wildman–Crippen LogP) is 15.7. The van der Waals surface area contributed by atoms with E-state index in [-0.39, 0.29) is 21.7 Å². The van der Waals surface area contributed by atoms with Gasteiger partial charge in [0.25, 0.3) is 0 Å². The van der Waals surface area contributed by atoms with Gasteiger partial charge >= 0.3 is 0 Å². The van der Waals surface area contributed by atoms with Gasteiger partial charge in [0.15, 0.2) is 7.28 Å². The van der Waals surface area contributed by atoms with E-state index in [2.05, 4.69) is 226 Å². The average molecular weight is 870 g/mol. The fraction of sp³-hybridized carbons (Fsp3) is 0.226. The molecule has 13 rings (SSSR count). The smallest absolute Gasteiger partial charge is 0.197 e. The summed E-state index contributed by atoms with van der Waals surface area (Å²) in [6.07, 6.45) is 0. The van der Waals surface area contributed by atoms with Gasteiger partial charge in [-0.25, -0.2) is 0 Å². The fourth-order valence-corrected chi connectivity index (χ4v) is 13.2. The molecule has 0 unspecified atom stereocenters. The number of fused-ring (bicyclic) bond motifs is 14. The third-order valence-corrected chi connectivity index (χ3v) is 16.9. The summed E-state index contributed by atoms with van der Waals surface area (Å²) in [4.78, 5) is 0. The molecule has 3 heterocycles.